The third-order valence-electron chi connectivity index (χ3n) is 2.13. The summed E-state index contributed by atoms with van der Waals surface area (Å²) in [7, 11) is 0. The molecule has 0 spiro atoms. The van der Waals surface area contributed by atoms with Gasteiger partial charge in [-0.3, -0.25) is 0 Å². The van der Waals surface area contributed by atoms with Crippen LogP contribution in [0.4, 0.5) is 0 Å². The van der Waals surface area contributed by atoms with E-state index in [0.717, 1.165) is 21.5 Å². The maximum absolute atomic E-state index is 11.1. The van der Waals surface area contributed by atoms with Crippen LogP contribution in [0.1, 0.15) is 23.1 Å². The summed E-state index contributed by atoms with van der Waals surface area (Å²) in [5.74, 6) is -0.0529. The molecular weight excluding hydrogens is 367 g/mol. The molecule has 1 heterocycles. The molecule has 0 unspecified atom stereocenters. The second kappa shape index (κ2) is 5.61. The lowest BCUT2D eigenvalue weighted by Gasteiger charge is -2.05. The lowest BCUT2D eigenvalue weighted by Crippen LogP contribution is -2.00. The molecule has 0 amide bonds. The normalized spacial score (nSPS) is 10.3. The van der Waals surface area contributed by atoms with Crippen LogP contribution in [0.3, 0.4) is 0 Å². The molecule has 2 aromatic rings. The molecule has 94 valence electrons. The van der Waals surface area contributed by atoms with E-state index in [4.69, 9.17) is 9.84 Å². The van der Waals surface area contributed by atoms with Crippen LogP contribution in [-0.4, -0.2) is 20.4 Å². The van der Waals surface area contributed by atoms with Crippen LogP contribution in [0.5, 0.6) is 10.9 Å². The van der Waals surface area contributed by atoms with Crippen LogP contribution in [-0.2, 0) is 6.42 Å². The standard InChI is InChI=1S/C11H9IN2O3S/c1-2-9-13-11(18-14-9)17-8-4-3-6(12)5-7(8)10(15)16/h3-5H,2H2,1H3,(H,15,16). The molecule has 1 aromatic heterocycles. The van der Waals surface area contributed by atoms with Crippen LogP contribution in [0.25, 0.3) is 0 Å². The van der Waals surface area contributed by atoms with Crippen molar-refractivity contribution in [2.75, 3.05) is 0 Å². The van der Waals surface area contributed by atoms with Crippen LogP contribution in [0, 0.1) is 3.57 Å². The molecule has 0 saturated heterocycles. The van der Waals surface area contributed by atoms with Crippen molar-refractivity contribution in [3.63, 3.8) is 0 Å². The summed E-state index contributed by atoms with van der Waals surface area (Å²) < 4.78 is 10.4. The highest BCUT2D eigenvalue weighted by molar-refractivity contribution is 14.1. The summed E-state index contributed by atoms with van der Waals surface area (Å²) >= 11 is 3.17. The summed E-state index contributed by atoms with van der Waals surface area (Å²) in [6, 6.07) is 4.96. The number of carboxylic acid groups (broad SMARTS) is 1. The van der Waals surface area contributed by atoms with E-state index in [-0.39, 0.29) is 11.3 Å². The fraction of sp³-hybridized carbons (Fsp3) is 0.182. The number of aromatic carboxylic acids is 1. The quantitative estimate of drug-likeness (QED) is 0.830. The Bertz CT molecular complexity index is 585. The number of halogens is 1. The second-order valence-corrected chi connectivity index (χ2v) is 5.34. The molecule has 0 bridgehead atoms. The maximum Gasteiger partial charge on any atom is 0.339 e. The molecule has 0 aliphatic carbocycles. The minimum Gasteiger partial charge on any atom is -0.478 e. The number of rotatable bonds is 4. The summed E-state index contributed by atoms with van der Waals surface area (Å²) in [6.07, 6.45) is 0.721. The monoisotopic (exact) mass is 376 g/mol. The smallest absolute Gasteiger partial charge is 0.339 e. The van der Waals surface area contributed by atoms with Crippen LogP contribution in [0.2, 0.25) is 0 Å². The van der Waals surface area contributed by atoms with Crippen LogP contribution >= 0.6 is 34.1 Å². The van der Waals surface area contributed by atoms with Gasteiger partial charge in [0.15, 0.2) is 0 Å². The Labute approximate surface area is 121 Å². The number of hydrogen-bond donors (Lipinski definition) is 1. The average molecular weight is 376 g/mol. The third kappa shape index (κ3) is 2.96. The molecule has 0 radical (unpaired) electrons. The highest BCUT2D eigenvalue weighted by Crippen LogP contribution is 2.28. The van der Waals surface area contributed by atoms with Gasteiger partial charge in [-0.2, -0.15) is 9.36 Å². The molecule has 1 aromatic carbocycles. The van der Waals surface area contributed by atoms with Gasteiger partial charge in [0, 0.05) is 21.5 Å². The van der Waals surface area contributed by atoms with E-state index < -0.39 is 5.97 Å². The summed E-state index contributed by atoms with van der Waals surface area (Å²) in [5, 5.41) is 9.46. The van der Waals surface area contributed by atoms with Gasteiger partial charge in [-0.05, 0) is 40.8 Å². The Hall–Kier alpha value is -1.22. The predicted octanol–water partition coefficient (Wildman–Crippen LogP) is 3.20. The van der Waals surface area contributed by atoms with E-state index in [2.05, 4.69) is 31.9 Å². The lowest BCUT2D eigenvalue weighted by molar-refractivity contribution is 0.0694. The first-order valence-electron chi connectivity index (χ1n) is 5.13. The Morgan fingerprint density at radius 1 is 1.56 bits per heavy atom. The first-order chi connectivity index (χ1) is 8.60. The number of carbonyl (C=O) groups is 1. The minimum atomic E-state index is -1.02. The van der Waals surface area contributed by atoms with Gasteiger partial charge in [-0.1, -0.05) is 6.92 Å². The van der Waals surface area contributed by atoms with Crippen molar-refractivity contribution in [1.82, 2.24) is 9.36 Å². The minimum absolute atomic E-state index is 0.121. The number of carboxylic acids is 1. The van der Waals surface area contributed by atoms with E-state index in [0.29, 0.717) is 11.0 Å². The largest absolute Gasteiger partial charge is 0.478 e. The molecule has 7 heteroatoms. The van der Waals surface area contributed by atoms with E-state index in [1.165, 1.54) is 0 Å². The molecule has 0 fully saturated rings. The highest BCUT2D eigenvalue weighted by atomic mass is 127. The summed E-state index contributed by atoms with van der Waals surface area (Å²) in [5.41, 5.74) is 0.121. The molecule has 18 heavy (non-hydrogen) atoms. The van der Waals surface area contributed by atoms with Crippen molar-refractivity contribution in [2.45, 2.75) is 13.3 Å². The number of ether oxygens (including phenoxy) is 1. The molecule has 2 rings (SSSR count). The number of aromatic nitrogens is 2. The van der Waals surface area contributed by atoms with Gasteiger partial charge in [0.2, 0.25) is 0 Å². The number of aryl methyl sites for hydroxylation is 1. The Morgan fingerprint density at radius 2 is 2.33 bits per heavy atom. The molecule has 0 aliphatic heterocycles. The van der Waals surface area contributed by atoms with Gasteiger partial charge >= 0.3 is 5.97 Å². The number of nitrogens with zero attached hydrogens (tertiary/aromatic N) is 2. The molecular formula is C11H9IN2O3S. The fourth-order valence-electron chi connectivity index (χ4n) is 1.28. The first-order valence-corrected chi connectivity index (χ1v) is 6.98. The topological polar surface area (TPSA) is 72.3 Å². The highest BCUT2D eigenvalue weighted by Gasteiger charge is 2.14. The van der Waals surface area contributed by atoms with Gasteiger partial charge < -0.3 is 9.84 Å². The zero-order valence-corrected chi connectivity index (χ0v) is 12.4. The van der Waals surface area contributed by atoms with E-state index in [9.17, 15) is 4.79 Å². The van der Waals surface area contributed by atoms with E-state index in [1.807, 2.05) is 6.92 Å². The molecule has 0 atom stereocenters. The van der Waals surface area contributed by atoms with Gasteiger partial charge in [-0.15, -0.1) is 0 Å². The Kier molecular flexibility index (Phi) is 4.12. The fourth-order valence-corrected chi connectivity index (χ4v) is 2.39. The second-order valence-electron chi connectivity index (χ2n) is 3.38. The van der Waals surface area contributed by atoms with Crippen molar-refractivity contribution < 1.29 is 14.6 Å². The van der Waals surface area contributed by atoms with Crippen molar-refractivity contribution in [3.05, 3.63) is 33.2 Å². The summed E-state index contributed by atoms with van der Waals surface area (Å²) in [6.45, 7) is 1.94. The van der Waals surface area contributed by atoms with Crippen molar-refractivity contribution in [2.24, 2.45) is 0 Å². The van der Waals surface area contributed by atoms with Gasteiger partial charge in [-0.25, -0.2) is 4.79 Å². The zero-order valence-electron chi connectivity index (χ0n) is 9.38. The van der Waals surface area contributed by atoms with Gasteiger partial charge in [0.05, 0.1) is 0 Å². The average Bonchev–Trinajstić information content (AvgIpc) is 2.79. The predicted molar refractivity (Wildman–Crippen MR) is 75.5 cm³/mol. The summed E-state index contributed by atoms with van der Waals surface area (Å²) in [4.78, 5) is 15.2. The SMILES string of the molecule is CCc1nsc(Oc2ccc(I)cc2C(=O)O)n1. The van der Waals surface area contributed by atoms with Crippen LogP contribution in [0.15, 0.2) is 18.2 Å². The van der Waals surface area contributed by atoms with E-state index in [1.54, 1.807) is 18.2 Å². The molecule has 1 N–H and O–H groups in total. The van der Waals surface area contributed by atoms with Crippen LogP contribution < -0.4 is 4.74 Å². The lowest BCUT2D eigenvalue weighted by atomic mass is 10.2. The Morgan fingerprint density at radius 3 is 2.94 bits per heavy atom. The number of hydrogen-bond acceptors (Lipinski definition) is 5. The first kappa shape index (κ1) is 13.2. The van der Waals surface area contributed by atoms with Gasteiger partial charge in [0.25, 0.3) is 5.19 Å². The van der Waals surface area contributed by atoms with E-state index >= 15 is 0 Å². The van der Waals surface area contributed by atoms with Crippen molar-refractivity contribution >= 4 is 40.1 Å². The zero-order chi connectivity index (χ0) is 13.1. The molecule has 0 aliphatic rings. The maximum atomic E-state index is 11.1. The molecule has 0 saturated carbocycles. The van der Waals surface area contributed by atoms with Gasteiger partial charge in [0.1, 0.15) is 17.1 Å². The third-order valence-corrected chi connectivity index (χ3v) is 3.44. The Balaban J connectivity index is 2.30. The van der Waals surface area contributed by atoms with Crippen molar-refractivity contribution in [3.8, 4) is 10.9 Å². The number of benzene rings is 1. The van der Waals surface area contributed by atoms with Crippen molar-refractivity contribution in [1.29, 1.82) is 0 Å². The molecule has 5 nitrogen and oxygen atoms in total.